The summed E-state index contributed by atoms with van der Waals surface area (Å²) in [7, 11) is 4.45. The van der Waals surface area contributed by atoms with Gasteiger partial charge in [0.2, 0.25) is 0 Å². The molecule has 0 radical (unpaired) electrons. The zero-order chi connectivity index (χ0) is 21.0. The van der Waals surface area contributed by atoms with Gasteiger partial charge < -0.3 is 9.55 Å². The first-order valence-electron chi connectivity index (χ1n) is 11.6. The van der Waals surface area contributed by atoms with Crippen LogP contribution in [0.15, 0.2) is 42.7 Å². The number of allylic oxidation sites excluding steroid dienone is 1. The standard InChI is InChI=1S/C27H35N3/c1-6-7-25-27(3,15-22(19-9-10-19)20-12-13-29(4)16-20)26-23(17-30(25)5)21-14-18(2)8-11-24(21)28-26/h8,11-16,19,25,28H,6-7,9-10,17H2,1-5H3/b22-15+. The van der Waals surface area contributed by atoms with E-state index in [4.69, 9.17) is 0 Å². The summed E-state index contributed by atoms with van der Waals surface area (Å²) >= 11 is 0. The summed E-state index contributed by atoms with van der Waals surface area (Å²) < 4.78 is 2.18. The lowest BCUT2D eigenvalue weighted by molar-refractivity contribution is 0.141. The van der Waals surface area contributed by atoms with Gasteiger partial charge in [-0.25, -0.2) is 0 Å². The maximum Gasteiger partial charge on any atom is 0.0459 e. The lowest BCUT2D eigenvalue weighted by Crippen LogP contribution is -2.50. The highest BCUT2D eigenvalue weighted by molar-refractivity contribution is 5.86. The van der Waals surface area contributed by atoms with E-state index in [2.05, 4.69) is 92.1 Å². The van der Waals surface area contributed by atoms with E-state index in [9.17, 15) is 0 Å². The highest BCUT2D eigenvalue weighted by Gasteiger charge is 2.44. The van der Waals surface area contributed by atoms with E-state index in [1.54, 1.807) is 5.57 Å². The van der Waals surface area contributed by atoms with Crippen molar-refractivity contribution in [3.63, 3.8) is 0 Å². The summed E-state index contributed by atoms with van der Waals surface area (Å²) in [5.74, 6) is 0.716. The summed E-state index contributed by atoms with van der Waals surface area (Å²) in [4.78, 5) is 6.49. The molecule has 1 saturated carbocycles. The molecule has 2 aromatic heterocycles. The van der Waals surface area contributed by atoms with Gasteiger partial charge >= 0.3 is 0 Å². The molecule has 2 aliphatic rings. The molecular weight excluding hydrogens is 366 g/mol. The van der Waals surface area contributed by atoms with Gasteiger partial charge in [-0.3, -0.25) is 4.90 Å². The van der Waals surface area contributed by atoms with Crippen molar-refractivity contribution in [2.24, 2.45) is 13.0 Å². The number of benzene rings is 1. The van der Waals surface area contributed by atoms with Gasteiger partial charge in [-0.15, -0.1) is 0 Å². The molecule has 2 unspecified atom stereocenters. The van der Waals surface area contributed by atoms with Crippen molar-refractivity contribution in [2.75, 3.05) is 7.05 Å². The Kier molecular flexibility index (Phi) is 4.70. The largest absolute Gasteiger partial charge is 0.357 e. The zero-order valence-electron chi connectivity index (χ0n) is 19.1. The van der Waals surface area contributed by atoms with Crippen molar-refractivity contribution < 1.29 is 0 Å². The van der Waals surface area contributed by atoms with Crippen molar-refractivity contribution in [2.45, 2.75) is 64.5 Å². The van der Waals surface area contributed by atoms with Gasteiger partial charge in [0.1, 0.15) is 0 Å². The number of nitrogens with one attached hydrogen (secondary N) is 1. The van der Waals surface area contributed by atoms with Gasteiger partial charge in [0, 0.05) is 54.0 Å². The monoisotopic (exact) mass is 401 g/mol. The maximum absolute atomic E-state index is 3.89. The van der Waals surface area contributed by atoms with Crippen LogP contribution in [0.4, 0.5) is 0 Å². The van der Waals surface area contributed by atoms with Gasteiger partial charge in [-0.05, 0) is 81.0 Å². The van der Waals surface area contributed by atoms with Crippen LogP contribution in [-0.2, 0) is 19.0 Å². The molecule has 1 fully saturated rings. The number of hydrogen-bond donors (Lipinski definition) is 1. The van der Waals surface area contributed by atoms with E-state index in [0.29, 0.717) is 12.0 Å². The minimum Gasteiger partial charge on any atom is -0.357 e. The van der Waals surface area contributed by atoms with Crippen molar-refractivity contribution in [3.8, 4) is 0 Å². The molecule has 5 rings (SSSR count). The van der Waals surface area contributed by atoms with E-state index < -0.39 is 0 Å². The molecule has 3 nitrogen and oxygen atoms in total. The molecule has 3 aromatic rings. The average Bonchev–Trinajstić information content (AvgIpc) is 3.37. The topological polar surface area (TPSA) is 24.0 Å². The van der Waals surface area contributed by atoms with Crippen LogP contribution >= 0.6 is 0 Å². The molecule has 1 aliphatic carbocycles. The Balaban J connectivity index is 1.73. The third-order valence-corrected chi connectivity index (χ3v) is 7.43. The second-order valence-corrected chi connectivity index (χ2v) is 9.97. The summed E-state index contributed by atoms with van der Waals surface area (Å²) in [5, 5.41) is 1.40. The Bertz CT molecular complexity index is 1110. The normalized spacial score (nSPS) is 25.1. The van der Waals surface area contributed by atoms with Crippen molar-refractivity contribution in [1.82, 2.24) is 14.5 Å². The van der Waals surface area contributed by atoms with Crippen molar-refractivity contribution >= 4 is 16.5 Å². The molecule has 2 atom stereocenters. The zero-order valence-corrected chi connectivity index (χ0v) is 19.1. The molecule has 0 amide bonds. The SMILES string of the molecule is CCCC1N(C)Cc2c([nH]c3ccc(C)cc23)C1(C)/C=C(/c1ccn(C)c1)C1CC1. The van der Waals surface area contributed by atoms with E-state index in [-0.39, 0.29) is 5.41 Å². The molecule has 1 N–H and O–H groups in total. The molecule has 3 heteroatoms. The number of hydrogen-bond acceptors (Lipinski definition) is 1. The highest BCUT2D eigenvalue weighted by atomic mass is 15.2. The van der Waals surface area contributed by atoms with Crippen LogP contribution in [0.2, 0.25) is 0 Å². The minimum absolute atomic E-state index is 0.0287. The van der Waals surface area contributed by atoms with E-state index in [1.165, 1.54) is 59.0 Å². The minimum atomic E-state index is -0.0287. The van der Waals surface area contributed by atoms with Gasteiger partial charge in [-0.2, -0.15) is 0 Å². The van der Waals surface area contributed by atoms with Gasteiger partial charge in [0.05, 0.1) is 0 Å². The third-order valence-electron chi connectivity index (χ3n) is 7.43. The summed E-state index contributed by atoms with van der Waals surface area (Å²) in [5.41, 5.74) is 8.47. The van der Waals surface area contributed by atoms with Crippen LogP contribution in [0, 0.1) is 12.8 Å². The van der Waals surface area contributed by atoms with E-state index in [1.807, 2.05) is 0 Å². The molecular formula is C27H35N3. The molecule has 3 heterocycles. The first kappa shape index (κ1) is 19.7. The lowest BCUT2D eigenvalue weighted by Gasteiger charge is -2.46. The first-order valence-corrected chi connectivity index (χ1v) is 11.6. The predicted molar refractivity (Wildman–Crippen MR) is 127 cm³/mol. The Hall–Kier alpha value is -2.26. The fourth-order valence-electron chi connectivity index (χ4n) is 5.76. The molecule has 1 aromatic carbocycles. The number of aryl methyl sites for hydroxylation is 2. The Morgan fingerprint density at radius 1 is 1.23 bits per heavy atom. The smallest absolute Gasteiger partial charge is 0.0459 e. The van der Waals surface area contributed by atoms with E-state index >= 15 is 0 Å². The van der Waals surface area contributed by atoms with Crippen LogP contribution in [-0.4, -0.2) is 27.5 Å². The Morgan fingerprint density at radius 3 is 2.70 bits per heavy atom. The van der Waals surface area contributed by atoms with Crippen LogP contribution in [0.25, 0.3) is 16.5 Å². The number of nitrogens with zero attached hydrogens (tertiary/aromatic N) is 2. The number of aromatic nitrogens is 2. The van der Waals surface area contributed by atoms with Crippen molar-refractivity contribution in [1.29, 1.82) is 0 Å². The fraction of sp³-hybridized carbons (Fsp3) is 0.481. The summed E-state index contributed by atoms with van der Waals surface area (Å²) in [6, 6.07) is 9.65. The van der Waals surface area contributed by atoms with Gasteiger partial charge in [0.15, 0.2) is 0 Å². The molecule has 30 heavy (non-hydrogen) atoms. The summed E-state index contributed by atoms with van der Waals surface area (Å²) in [6.07, 6.45) is 12.2. The van der Waals surface area contributed by atoms with Gasteiger partial charge in [-0.1, -0.05) is 31.1 Å². The molecule has 158 valence electrons. The maximum atomic E-state index is 3.89. The fourth-order valence-corrected chi connectivity index (χ4v) is 5.76. The number of likely N-dealkylation sites (N-methyl/N-ethyl adjacent to an activating group) is 1. The second-order valence-electron chi connectivity index (χ2n) is 9.97. The Labute approximate surface area is 180 Å². The predicted octanol–water partition coefficient (Wildman–Crippen LogP) is 6.18. The number of fused-ring (bicyclic) bond motifs is 3. The number of H-pyrrole nitrogens is 1. The second kappa shape index (κ2) is 7.16. The van der Waals surface area contributed by atoms with Crippen LogP contribution < -0.4 is 0 Å². The molecule has 1 aliphatic heterocycles. The van der Waals surface area contributed by atoms with Gasteiger partial charge in [0.25, 0.3) is 0 Å². The first-order chi connectivity index (χ1) is 14.4. The lowest BCUT2D eigenvalue weighted by atomic mass is 9.70. The van der Waals surface area contributed by atoms with Crippen molar-refractivity contribution in [3.05, 3.63) is 65.1 Å². The molecule has 0 bridgehead atoms. The quantitative estimate of drug-likeness (QED) is 0.542. The molecule has 0 saturated heterocycles. The third kappa shape index (κ3) is 3.15. The van der Waals surface area contributed by atoms with Crippen LogP contribution in [0.1, 0.15) is 61.9 Å². The summed E-state index contributed by atoms with van der Waals surface area (Å²) in [6.45, 7) is 8.03. The average molecular weight is 402 g/mol. The Morgan fingerprint density at radius 2 is 2.03 bits per heavy atom. The van der Waals surface area contributed by atoms with E-state index in [0.717, 1.165) is 6.54 Å². The number of rotatable bonds is 5. The number of aromatic amines is 1. The molecule has 0 spiro atoms. The van der Waals surface area contributed by atoms with Crippen LogP contribution in [0.5, 0.6) is 0 Å². The highest BCUT2D eigenvalue weighted by Crippen LogP contribution is 2.49. The van der Waals surface area contributed by atoms with Crippen LogP contribution in [0.3, 0.4) is 0 Å².